The van der Waals surface area contributed by atoms with Crippen LogP contribution >= 0.6 is 0 Å². The second-order valence-corrected chi connectivity index (χ2v) is 5.00. The minimum absolute atomic E-state index is 0.472. The van der Waals surface area contributed by atoms with Gasteiger partial charge in [0.25, 0.3) is 0 Å². The second kappa shape index (κ2) is 4.42. The van der Waals surface area contributed by atoms with E-state index in [9.17, 15) is 5.11 Å². The van der Waals surface area contributed by atoms with Crippen molar-refractivity contribution in [2.24, 2.45) is 5.92 Å². The molecule has 1 aliphatic carbocycles. The lowest BCUT2D eigenvalue weighted by molar-refractivity contribution is 0.0203. The van der Waals surface area contributed by atoms with Crippen molar-refractivity contribution in [3.05, 3.63) is 23.9 Å². The van der Waals surface area contributed by atoms with E-state index in [-0.39, 0.29) is 0 Å². The van der Waals surface area contributed by atoms with Crippen LogP contribution in [0.3, 0.4) is 0 Å². The van der Waals surface area contributed by atoms with E-state index >= 15 is 0 Å². The maximum atomic E-state index is 10.7. The lowest BCUT2D eigenvalue weighted by atomic mass is 9.86. The first-order valence-electron chi connectivity index (χ1n) is 6.05. The number of hydrogen-bond donors (Lipinski definition) is 2. The van der Waals surface area contributed by atoms with Crippen LogP contribution in [-0.2, 0) is 5.60 Å². The highest BCUT2D eigenvalue weighted by molar-refractivity contribution is 5.42. The highest BCUT2D eigenvalue weighted by atomic mass is 16.3. The van der Waals surface area contributed by atoms with Gasteiger partial charge in [0.15, 0.2) is 0 Å². The summed E-state index contributed by atoms with van der Waals surface area (Å²) in [6.07, 6.45) is 6.58. The normalized spacial score (nSPS) is 31.0. The van der Waals surface area contributed by atoms with Gasteiger partial charge in [0.2, 0.25) is 0 Å². The van der Waals surface area contributed by atoms with E-state index in [2.05, 4.69) is 11.9 Å². The Labute approximate surface area is 96.7 Å². The SMILES string of the molecule is CC1CCCC(O)(c2cccnc2N)CC1. The number of aliphatic hydroxyl groups is 1. The van der Waals surface area contributed by atoms with Crippen LogP contribution in [0.15, 0.2) is 18.3 Å². The molecular formula is C13H20N2O. The summed E-state index contributed by atoms with van der Waals surface area (Å²) in [5.41, 5.74) is 5.90. The Morgan fingerprint density at radius 1 is 1.44 bits per heavy atom. The first kappa shape index (κ1) is 11.4. The molecular weight excluding hydrogens is 200 g/mol. The predicted octanol–water partition coefficient (Wildman–Crippen LogP) is 2.45. The number of nitrogen functional groups attached to an aromatic ring is 1. The molecule has 2 rings (SSSR count). The zero-order valence-corrected chi connectivity index (χ0v) is 9.82. The topological polar surface area (TPSA) is 59.1 Å². The van der Waals surface area contributed by atoms with Crippen molar-refractivity contribution < 1.29 is 5.11 Å². The number of hydrogen-bond acceptors (Lipinski definition) is 3. The minimum atomic E-state index is -0.761. The molecule has 16 heavy (non-hydrogen) atoms. The minimum Gasteiger partial charge on any atom is -0.385 e. The summed E-state index contributed by atoms with van der Waals surface area (Å²) in [7, 11) is 0. The Kier molecular flexibility index (Phi) is 3.15. The molecule has 1 fully saturated rings. The molecule has 1 aromatic rings. The Bertz CT molecular complexity index is 367. The van der Waals surface area contributed by atoms with Gasteiger partial charge in [0.05, 0.1) is 5.60 Å². The summed E-state index contributed by atoms with van der Waals surface area (Å²) in [6.45, 7) is 2.25. The molecule has 3 heteroatoms. The van der Waals surface area contributed by atoms with E-state index in [0.29, 0.717) is 11.7 Å². The molecule has 2 atom stereocenters. The molecule has 1 aromatic heterocycles. The van der Waals surface area contributed by atoms with Gasteiger partial charge in [-0.15, -0.1) is 0 Å². The predicted molar refractivity (Wildman–Crippen MR) is 64.8 cm³/mol. The van der Waals surface area contributed by atoms with Crippen LogP contribution < -0.4 is 5.73 Å². The molecule has 2 unspecified atom stereocenters. The Morgan fingerprint density at radius 3 is 3.00 bits per heavy atom. The van der Waals surface area contributed by atoms with E-state index < -0.39 is 5.60 Å². The average molecular weight is 220 g/mol. The smallest absolute Gasteiger partial charge is 0.129 e. The van der Waals surface area contributed by atoms with Crippen LogP contribution in [0, 0.1) is 5.92 Å². The fourth-order valence-corrected chi connectivity index (χ4v) is 2.58. The maximum absolute atomic E-state index is 10.7. The summed E-state index contributed by atoms with van der Waals surface area (Å²) in [6, 6.07) is 3.75. The standard InChI is InChI=1S/C13H20N2O/c1-10-4-2-7-13(16,8-6-10)11-5-3-9-15-12(11)14/h3,5,9-10,16H,2,4,6-8H2,1H3,(H2,14,15). The van der Waals surface area contributed by atoms with Crippen molar-refractivity contribution in [2.75, 3.05) is 5.73 Å². The molecule has 0 bridgehead atoms. The molecule has 0 aromatic carbocycles. The van der Waals surface area contributed by atoms with E-state index in [4.69, 9.17) is 5.73 Å². The molecule has 0 spiro atoms. The van der Waals surface area contributed by atoms with Crippen LogP contribution in [0.25, 0.3) is 0 Å². The fraction of sp³-hybridized carbons (Fsp3) is 0.615. The summed E-state index contributed by atoms with van der Waals surface area (Å²) in [5, 5.41) is 10.7. The molecule has 1 saturated carbocycles. The molecule has 0 saturated heterocycles. The van der Waals surface area contributed by atoms with Gasteiger partial charge in [-0.3, -0.25) is 0 Å². The summed E-state index contributed by atoms with van der Waals surface area (Å²) >= 11 is 0. The largest absolute Gasteiger partial charge is 0.385 e. The number of aromatic nitrogens is 1. The van der Waals surface area contributed by atoms with E-state index in [1.54, 1.807) is 6.20 Å². The van der Waals surface area contributed by atoms with E-state index in [1.165, 1.54) is 6.42 Å². The maximum Gasteiger partial charge on any atom is 0.129 e. The van der Waals surface area contributed by atoms with Crippen LogP contribution in [0.1, 0.15) is 44.6 Å². The summed E-state index contributed by atoms with van der Waals surface area (Å²) < 4.78 is 0. The van der Waals surface area contributed by atoms with Crippen molar-refractivity contribution in [1.82, 2.24) is 4.98 Å². The number of rotatable bonds is 1. The zero-order valence-electron chi connectivity index (χ0n) is 9.82. The van der Waals surface area contributed by atoms with Crippen LogP contribution in [0.2, 0.25) is 0 Å². The summed E-state index contributed by atoms with van der Waals surface area (Å²) in [4.78, 5) is 4.07. The zero-order chi connectivity index (χ0) is 11.6. The van der Waals surface area contributed by atoms with Gasteiger partial charge < -0.3 is 10.8 Å². The number of pyridine rings is 1. The van der Waals surface area contributed by atoms with Crippen molar-refractivity contribution in [3.8, 4) is 0 Å². The first-order chi connectivity index (χ1) is 7.62. The van der Waals surface area contributed by atoms with Crippen LogP contribution in [-0.4, -0.2) is 10.1 Å². The van der Waals surface area contributed by atoms with Crippen molar-refractivity contribution >= 4 is 5.82 Å². The number of nitrogens with zero attached hydrogens (tertiary/aromatic N) is 1. The van der Waals surface area contributed by atoms with Gasteiger partial charge in [-0.25, -0.2) is 4.98 Å². The Balaban J connectivity index is 2.27. The van der Waals surface area contributed by atoms with Gasteiger partial charge in [-0.05, 0) is 37.7 Å². The lowest BCUT2D eigenvalue weighted by Crippen LogP contribution is -2.26. The van der Waals surface area contributed by atoms with Crippen molar-refractivity contribution in [2.45, 2.75) is 44.6 Å². The second-order valence-electron chi connectivity index (χ2n) is 5.00. The van der Waals surface area contributed by atoms with E-state index in [1.807, 2.05) is 12.1 Å². The molecule has 1 aliphatic rings. The highest BCUT2D eigenvalue weighted by Gasteiger charge is 2.33. The van der Waals surface area contributed by atoms with Gasteiger partial charge in [-0.1, -0.05) is 19.4 Å². The quantitative estimate of drug-likeness (QED) is 0.715. The third kappa shape index (κ3) is 2.19. The third-order valence-electron chi connectivity index (χ3n) is 3.68. The van der Waals surface area contributed by atoms with Gasteiger partial charge in [0.1, 0.15) is 5.82 Å². The monoisotopic (exact) mass is 220 g/mol. The van der Waals surface area contributed by atoms with Crippen LogP contribution in [0.5, 0.6) is 0 Å². The first-order valence-corrected chi connectivity index (χ1v) is 6.05. The molecule has 1 heterocycles. The van der Waals surface area contributed by atoms with Gasteiger partial charge in [-0.2, -0.15) is 0 Å². The molecule has 3 nitrogen and oxygen atoms in total. The summed E-state index contributed by atoms with van der Waals surface area (Å²) in [5.74, 6) is 1.17. The number of anilines is 1. The fourth-order valence-electron chi connectivity index (χ4n) is 2.58. The average Bonchev–Trinajstić information content (AvgIpc) is 2.43. The molecule has 0 radical (unpaired) electrons. The number of nitrogens with two attached hydrogens (primary N) is 1. The van der Waals surface area contributed by atoms with Crippen molar-refractivity contribution in [1.29, 1.82) is 0 Å². The molecule has 88 valence electrons. The molecule has 0 amide bonds. The Hall–Kier alpha value is -1.09. The van der Waals surface area contributed by atoms with Gasteiger partial charge >= 0.3 is 0 Å². The third-order valence-corrected chi connectivity index (χ3v) is 3.68. The highest BCUT2D eigenvalue weighted by Crippen LogP contribution is 2.39. The molecule has 3 N–H and O–H groups in total. The van der Waals surface area contributed by atoms with E-state index in [0.717, 1.165) is 31.2 Å². The lowest BCUT2D eigenvalue weighted by Gasteiger charge is -2.27. The molecule has 0 aliphatic heterocycles. The van der Waals surface area contributed by atoms with Gasteiger partial charge in [0, 0.05) is 11.8 Å². The van der Waals surface area contributed by atoms with Crippen molar-refractivity contribution in [3.63, 3.8) is 0 Å². The van der Waals surface area contributed by atoms with Crippen LogP contribution in [0.4, 0.5) is 5.82 Å². The Morgan fingerprint density at radius 2 is 2.25 bits per heavy atom.